The molecule has 9 nitrogen and oxygen atoms in total. The number of nitrogens with zero attached hydrogens (tertiary/aromatic N) is 4. The average molecular weight is 396 g/mol. The molecule has 0 saturated heterocycles. The van der Waals surface area contributed by atoms with Gasteiger partial charge in [0.25, 0.3) is 0 Å². The minimum atomic E-state index is 0.00758. The topological polar surface area (TPSA) is 103 Å². The van der Waals surface area contributed by atoms with Crippen molar-refractivity contribution in [2.45, 2.75) is 45.7 Å². The number of anilines is 1. The number of hydrogen-bond donors (Lipinski definition) is 2. The molecule has 1 aliphatic rings. The zero-order valence-corrected chi connectivity index (χ0v) is 16.5. The summed E-state index contributed by atoms with van der Waals surface area (Å²) in [6.07, 6.45) is 1.73. The predicted octanol–water partition coefficient (Wildman–Crippen LogP) is 2.31. The van der Waals surface area contributed by atoms with E-state index in [1.807, 2.05) is 44.2 Å². The molecule has 1 aromatic carbocycles. The second-order valence-electron chi connectivity index (χ2n) is 7.02. The molecule has 0 saturated carbocycles. The number of rotatable bonds is 8. The van der Waals surface area contributed by atoms with E-state index in [9.17, 15) is 4.79 Å². The van der Waals surface area contributed by atoms with Crippen LogP contribution in [0.25, 0.3) is 5.65 Å². The first-order valence-electron chi connectivity index (χ1n) is 9.75. The number of nitrogens with one attached hydrogen (secondary N) is 2. The second-order valence-corrected chi connectivity index (χ2v) is 7.02. The number of aryl methyl sites for hydroxylation is 1. The van der Waals surface area contributed by atoms with Crippen molar-refractivity contribution in [3.05, 3.63) is 41.7 Å². The van der Waals surface area contributed by atoms with Crippen LogP contribution in [0.2, 0.25) is 0 Å². The number of carbonyl (C=O) groups is 1. The molecule has 29 heavy (non-hydrogen) atoms. The van der Waals surface area contributed by atoms with E-state index < -0.39 is 0 Å². The number of amides is 1. The normalized spacial score (nSPS) is 13.4. The Hall–Kier alpha value is -3.36. The minimum absolute atomic E-state index is 0.00758. The van der Waals surface area contributed by atoms with Crippen LogP contribution in [0.1, 0.15) is 38.1 Å². The Labute approximate surface area is 168 Å². The van der Waals surface area contributed by atoms with Crippen LogP contribution in [0.15, 0.2) is 30.3 Å². The van der Waals surface area contributed by atoms with Crippen LogP contribution in [0, 0.1) is 0 Å². The predicted molar refractivity (Wildman–Crippen MR) is 107 cm³/mol. The highest BCUT2D eigenvalue weighted by Gasteiger charge is 2.14. The Bertz CT molecular complexity index is 1020. The fourth-order valence-electron chi connectivity index (χ4n) is 3.00. The summed E-state index contributed by atoms with van der Waals surface area (Å²) in [6.45, 7) is 4.88. The van der Waals surface area contributed by atoms with E-state index >= 15 is 0 Å². The number of aromatic nitrogens is 4. The summed E-state index contributed by atoms with van der Waals surface area (Å²) in [5.74, 6) is 2.88. The standard InChI is InChI=1S/C20H24N6O3/c1-3-13(2)22-20(27)9-8-19-24-23-18-7-6-17(25-26(18)19)21-11-14-4-5-15-16(10-14)29-12-28-15/h4-7,10,13H,3,8-9,11-12H2,1-2H3,(H,21,25)(H,22,27)/t13-/m0/s1. The van der Waals surface area contributed by atoms with E-state index in [2.05, 4.69) is 25.9 Å². The molecule has 0 spiro atoms. The van der Waals surface area contributed by atoms with E-state index in [4.69, 9.17) is 9.47 Å². The van der Waals surface area contributed by atoms with Crippen LogP contribution in [0.3, 0.4) is 0 Å². The first kappa shape index (κ1) is 19.0. The van der Waals surface area contributed by atoms with E-state index in [1.54, 1.807) is 4.52 Å². The van der Waals surface area contributed by atoms with Crippen LogP contribution in [-0.4, -0.2) is 38.6 Å². The molecule has 2 aromatic heterocycles. The molecule has 1 amide bonds. The Kier molecular flexibility index (Phi) is 5.46. The number of fused-ring (bicyclic) bond motifs is 2. The van der Waals surface area contributed by atoms with Crippen molar-refractivity contribution in [1.82, 2.24) is 25.1 Å². The van der Waals surface area contributed by atoms with Crippen LogP contribution in [0.5, 0.6) is 11.5 Å². The van der Waals surface area contributed by atoms with Crippen LogP contribution in [-0.2, 0) is 17.8 Å². The lowest BCUT2D eigenvalue weighted by Gasteiger charge is -2.10. The van der Waals surface area contributed by atoms with Crippen molar-refractivity contribution in [1.29, 1.82) is 0 Å². The molecule has 3 heterocycles. The fourth-order valence-corrected chi connectivity index (χ4v) is 3.00. The summed E-state index contributed by atoms with van der Waals surface area (Å²) in [7, 11) is 0. The van der Waals surface area contributed by atoms with Gasteiger partial charge < -0.3 is 20.1 Å². The molecular weight excluding hydrogens is 372 g/mol. The maximum Gasteiger partial charge on any atom is 0.231 e. The number of ether oxygens (including phenoxy) is 2. The van der Waals surface area contributed by atoms with Gasteiger partial charge in [-0.25, -0.2) is 0 Å². The summed E-state index contributed by atoms with van der Waals surface area (Å²) in [6, 6.07) is 9.72. The molecule has 1 aliphatic heterocycles. The molecule has 0 radical (unpaired) electrons. The van der Waals surface area contributed by atoms with Gasteiger partial charge in [0.15, 0.2) is 23.0 Å². The van der Waals surface area contributed by atoms with Gasteiger partial charge >= 0.3 is 0 Å². The molecule has 0 unspecified atom stereocenters. The molecule has 0 aliphatic carbocycles. The maximum atomic E-state index is 12.0. The third-order valence-corrected chi connectivity index (χ3v) is 4.83. The van der Waals surface area contributed by atoms with Gasteiger partial charge in [0, 0.05) is 25.4 Å². The summed E-state index contributed by atoms with van der Waals surface area (Å²) in [5.41, 5.74) is 1.71. The number of carbonyl (C=O) groups excluding carboxylic acids is 1. The summed E-state index contributed by atoms with van der Waals surface area (Å²) in [4.78, 5) is 12.0. The Balaban J connectivity index is 1.40. The van der Waals surface area contributed by atoms with Gasteiger partial charge in [0.1, 0.15) is 5.82 Å². The lowest BCUT2D eigenvalue weighted by atomic mass is 10.2. The summed E-state index contributed by atoms with van der Waals surface area (Å²) >= 11 is 0. The molecule has 4 rings (SSSR count). The molecule has 2 N–H and O–H groups in total. The third-order valence-electron chi connectivity index (χ3n) is 4.83. The summed E-state index contributed by atoms with van der Waals surface area (Å²) in [5, 5.41) is 19.1. The molecule has 3 aromatic rings. The van der Waals surface area contributed by atoms with Gasteiger partial charge in [-0.2, -0.15) is 4.52 Å². The molecule has 152 valence electrons. The van der Waals surface area contributed by atoms with E-state index in [0.717, 1.165) is 23.5 Å². The largest absolute Gasteiger partial charge is 0.454 e. The van der Waals surface area contributed by atoms with Gasteiger partial charge in [0.05, 0.1) is 0 Å². The van der Waals surface area contributed by atoms with Gasteiger partial charge in [0.2, 0.25) is 12.7 Å². The quantitative estimate of drug-likeness (QED) is 0.602. The van der Waals surface area contributed by atoms with Crippen LogP contribution >= 0.6 is 0 Å². The van der Waals surface area contributed by atoms with Gasteiger partial charge in [-0.1, -0.05) is 13.0 Å². The van der Waals surface area contributed by atoms with E-state index in [-0.39, 0.29) is 18.7 Å². The lowest BCUT2D eigenvalue weighted by Crippen LogP contribution is -2.32. The number of benzene rings is 1. The Morgan fingerprint density at radius 2 is 2.07 bits per heavy atom. The third kappa shape index (κ3) is 4.39. The van der Waals surface area contributed by atoms with E-state index in [1.165, 1.54) is 0 Å². The lowest BCUT2D eigenvalue weighted by molar-refractivity contribution is -0.121. The van der Waals surface area contributed by atoms with Gasteiger partial charge in [-0.05, 0) is 43.2 Å². The minimum Gasteiger partial charge on any atom is -0.454 e. The van der Waals surface area contributed by atoms with Crippen molar-refractivity contribution in [3.63, 3.8) is 0 Å². The fraction of sp³-hybridized carbons (Fsp3) is 0.400. The first-order valence-corrected chi connectivity index (χ1v) is 9.75. The summed E-state index contributed by atoms with van der Waals surface area (Å²) < 4.78 is 12.4. The number of hydrogen-bond acceptors (Lipinski definition) is 7. The SMILES string of the molecule is CC[C@H](C)NC(=O)CCc1nnc2ccc(NCc3ccc4c(c3)OCO4)nn12. The molecular formula is C20H24N6O3. The second kappa shape index (κ2) is 8.34. The van der Waals surface area contributed by atoms with Crippen LogP contribution in [0.4, 0.5) is 5.82 Å². The molecule has 0 fully saturated rings. The smallest absolute Gasteiger partial charge is 0.231 e. The molecule has 0 bridgehead atoms. The van der Waals surface area contributed by atoms with Crippen molar-refractivity contribution in [3.8, 4) is 11.5 Å². The highest BCUT2D eigenvalue weighted by atomic mass is 16.7. The van der Waals surface area contributed by atoms with Crippen molar-refractivity contribution >= 4 is 17.4 Å². The van der Waals surface area contributed by atoms with Crippen molar-refractivity contribution < 1.29 is 14.3 Å². The molecule has 9 heteroatoms. The zero-order valence-electron chi connectivity index (χ0n) is 16.5. The highest BCUT2D eigenvalue weighted by Crippen LogP contribution is 2.32. The zero-order chi connectivity index (χ0) is 20.2. The molecule has 1 atom stereocenters. The average Bonchev–Trinajstić information content (AvgIpc) is 3.36. The van der Waals surface area contributed by atoms with Crippen molar-refractivity contribution in [2.24, 2.45) is 0 Å². The van der Waals surface area contributed by atoms with E-state index in [0.29, 0.717) is 36.7 Å². The van der Waals surface area contributed by atoms with Crippen molar-refractivity contribution in [2.75, 3.05) is 12.1 Å². The van der Waals surface area contributed by atoms with Gasteiger partial charge in [-0.3, -0.25) is 4.79 Å². The Morgan fingerprint density at radius 3 is 2.93 bits per heavy atom. The Morgan fingerprint density at radius 1 is 1.21 bits per heavy atom. The van der Waals surface area contributed by atoms with Gasteiger partial charge in [-0.15, -0.1) is 15.3 Å². The van der Waals surface area contributed by atoms with Crippen LogP contribution < -0.4 is 20.1 Å². The highest BCUT2D eigenvalue weighted by molar-refractivity contribution is 5.76. The monoisotopic (exact) mass is 396 g/mol. The maximum absolute atomic E-state index is 12.0. The first-order chi connectivity index (χ1) is 14.1.